The molecular formula is C24H18F5N5O2. The molecule has 12 heteroatoms. The Morgan fingerprint density at radius 2 is 1.81 bits per heavy atom. The molecule has 36 heavy (non-hydrogen) atoms. The van der Waals surface area contributed by atoms with E-state index in [0.717, 1.165) is 29.2 Å². The van der Waals surface area contributed by atoms with Gasteiger partial charge in [0.1, 0.15) is 17.5 Å². The molecule has 0 aliphatic carbocycles. The average Bonchev–Trinajstić information content (AvgIpc) is 2.83. The molecule has 0 spiro atoms. The smallest absolute Gasteiger partial charge is 0.392 e. The van der Waals surface area contributed by atoms with Gasteiger partial charge in [0, 0.05) is 29.4 Å². The molecule has 1 aromatic carbocycles. The van der Waals surface area contributed by atoms with E-state index in [1.165, 1.54) is 24.4 Å². The lowest BCUT2D eigenvalue weighted by atomic mass is 10.1. The molecule has 3 aromatic heterocycles. The van der Waals surface area contributed by atoms with Gasteiger partial charge in [-0.3, -0.25) is 14.8 Å². The predicted molar refractivity (Wildman–Crippen MR) is 119 cm³/mol. The van der Waals surface area contributed by atoms with E-state index in [0.29, 0.717) is 11.6 Å². The van der Waals surface area contributed by atoms with Crippen molar-refractivity contribution in [3.05, 3.63) is 94.6 Å². The van der Waals surface area contributed by atoms with Crippen LogP contribution in [0.2, 0.25) is 0 Å². The van der Waals surface area contributed by atoms with Crippen LogP contribution in [-0.4, -0.2) is 30.9 Å². The van der Waals surface area contributed by atoms with E-state index in [-0.39, 0.29) is 34.8 Å². The van der Waals surface area contributed by atoms with Crippen LogP contribution in [0.25, 0.3) is 10.9 Å². The van der Waals surface area contributed by atoms with Gasteiger partial charge in [-0.25, -0.2) is 13.8 Å². The Morgan fingerprint density at radius 3 is 2.44 bits per heavy atom. The monoisotopic (exact) mass is 503 g/mol. The molecule has 7 nitrogen and oxygen atoms in total. The quantitative estimate of drug-likeness (QED) is 0.382. The van der Waals surface area contributed by atoms with Crippen LogP contribution in [0.4, 0.5) is 27.8 Å². The molecule has 0 unspecified atom stereocenters. The fourth-order valence-corrected chi connectivity index (χ4v) is 3.51. The van der Waals surface area contributed by atoms with E-state index in [2.05, 4.69) is 15.0 Å². The van der Waals surface area contributed by atoms with Crippen molar-refractivity contribution in [1.29, 1.82) is 0 Å². The van der Waals surface area contributed by atoms with Crippen molar-refractivity contribution < 1.29 is 31.9 Å². The highest BCUT2D eigenvalue weighted by Crippen LogP contribution is 2.29. The van der Waals surface area contributed by atoms with Crippen LogP contribution in [0.3, 0.4) is 0 Å². The zero-order chi connectivity index (χ0) is 26.0. The van der Waals surface area contributed by atoms with E-state index in [9.17, 15) is 31.9 Å². The summed E-state index contributed by atoms with van der Waals surface area (Å²) in [7, 11) is 0. The number of benzene rings is 1. The fourth-order valence-electron chi connectivity index (χ4n) is 3.51. The third kappa shape index (κ3) is 5.23. The minimum atomic E-state index is -4.60. The normalized spacial score (nSPS) is 11.6. The average molecular weight is 503 g/mol. The Morgan fingerprint density at radius 1 is 1.03 bits per heavy atom. The SMILES string of the molecule is Nc1nc2cc(F)c(C(=O)N(Cc3ccc(C(F)(F)F)cn3)Cc3ncccc3F)cc2cc1CO. The number of nitrogens with two attached hydrogens (primary N) is 1. The fraction of sp³-hybridized carbons (Fsp3) is 0.167. The number of alkyl halides is 3. The number of aliphatic hydroxyl groups is 1. The second-order valence-electron chi connectivity index (χ2n) is 7.84. The first kappa shape index (κ1) is 24.9. The first-order valence-electron chi connectivity index (χ1n) is 10.5. The van der Waals surface area contributed by atoms with Gasteiger partial charge in [0.2, 0.25) is 0 Å². The Balaban J connectivity index is 1.73. The van der Waals surface area contributed by atoms with Crippen molar-refractivity contribution in [1.82, 2.24) is 19.9 Å². The molecule has 3 N–H and O–H groups in total. The number of anilines is 1. The van der Waals surface area contributed by atoms with Crippen molar-refractivity contribution in [3.63, 3.8) is 0 Å². The highest BCUT2D eigenvalue weighted by Gasteiger charge is 2.31. The molecule has 0 atom stereocenters. The number of aliphatic hydroxyl groups excluding tert-OH is 1. The van der Waals surface area contributed by atoms with Gasteiger partial charge in [-0.15, -0.1) is 0 Å². The van der Waals surface area contributed by atoms with Crippen molar-refractivity contribution in [3.8, 4) is 0 Å². The molecule has 1 amide bonds. The van der Waals surface area contributed by atoms with Gasteiger partial charge in [0.25, 0.3) is 5.91 Å². The van der Waals surface area contributed by atoms with Crippen LogP contribution in [0.1, 0.15) is 32.9 Å². The zero-order valence-electron chi connectivity index (χ0n) is 18.4. The molecule has 3 heterocycles. The molecule has 0 bridgehead atoms. The summed E-state index contributed by atoms with van der Waals surface area (Å²) in [5, 5.41) is 9.75. The molecule has 4 rings (SSSR count). The number of halogens is 5. The van der Waals surface area contributed by atoms with Gasteiger partial charge in [-0.1, -0.05) is 0 Å². The minimum Gasteiger partial charge on any atom is -0.392 e. The van der Waals surface area contributed by atoms with Crippen LogP contribution >= 0.6 is 0 Å². The first-order valence-corrected chi connectivity index (χ1v) is 10.5. The lowest BCUT2D eigenvalue weighted by Gasteiger charge is -2.23. The summed E-state index contributed by atoms with van der Waals surface area (Å²) in [6, 6.07) is 8.02. The highest BCUT2D eigenvalue weighted by molar-refractivity contribution is 5.98. The summed E-state index contributed by atoms with van der Waals surface area (Å²) in [5.74, 6) is -2.54. The van der Waals surface area contributed by atoms with E-state index >= 15 is 0 Å². The van der Waals surface area contributed by atoms with E-state index in [4.69, 9.17) is 5.73 Å². The number of fused-ring (bicyclic) bond motifs is 1. The number of carbonyl (C=O) groups excluding carboxylic acids is 1. The number of nitrogens with zero attached hydrogens (tertiary/aromatic N) is 4. The third-order valence-corrected chi connectivity index (χ3v) is 5.38. The minimum absolute atomic E-state index is 0.00380. The third-order valence-electron chi connectivity index (χ3n) is 5.38. The lowest BCUT2D eigenvalue weighted by Crippen LogP contribution is -2.32. The number of aromatic nitrogens is 3. The number of nitrogen functional groups attached to an aromatic ring is 1. The van der Waals surface area contributed by atoms with E-state index in [1.54, 1.807) is 0 Å². The number of hydrogen-bond donors (Lipinski definition) is 2. The van der Waals surface area contributed by atoms with Crippen molar-refractivity contribution in [2.24, 2.45) is 0 Å². The first-order chi connectivity index (χ1) is 17.1. The topological polar surface area (TPSA) is 105 Å². The molecule has 0 saturated heterocycles. The maximum absolute atomic E-state index is 15.0. The standard InChI is InChI=1S/C24H18F5N5O2/c25-18-2-1-5-31-21(18)11-34(10-16-4-3-15(9-32-16)24(27,28)29)23(36)17-7-13-6-14(12-35)22(30)33-20(13)8-19(17)26/h1-9,35H,10-12H2,(H2,30,33). The number of pyridine rings is 3. The van der Waals surface area contributed by atoms with Gasteiger partial charge in [-0.05, 0) is 36.4 Å². The molecule has 186 valence electrons. The zero-order valence-corrected chi connectivity index (χ0v) is 18.4. The summed E-state index contributed by atoms with van der Waals surface area (Å²) < 4.78 is 67.9. The predicted octanol–water partition coefficient (Wildman–Crippen LogP) is 4.24. The number of carbonyl (C=O) groups is 1. The molecule has 0 saturated carbocycles. The van der Waals surface area contributed by atoms with Crippen molar-refractivity contribution in [2.75, 3.05) is 5.73 Å². The van der Waals surface area contributed by atoms with Gasteiger partial charge < -0.3 is 15.7 Å². The van der Waals surface area contributed by atoms with Gasteiger partial charge in [0.05, 0.1) is 47.7 Å². The highest BCUT2D eigenvalue weighted by atomic mass is 19.4. The Bertz CT molecular complexity index is 1430. The maximum Gasteiger partial charge on any atom is 0.417 e. The maximum atomic E-state index is 15.0. The molecular weight excluding hydrogens is 485 g/mol. The van der Waals surface area contributed by atoms with Crippen LogP contribution < -0.4 is 5.73 Å². The second-order valence-corrected chi connectivity index (χ2v) is 7.84. The Hall–Kier alpha value is -4.19. The van der Waals surface area contributed by atoms with Gasteiger partial charge in [0.15, 0.2) is 0 Å². The van der Waals surface area contributed by atoms with E-state index in [1.807, 2.05) is 0 Å². The molecule has 0 aliphatic rings. The van der Waals surface area contributed by atoms with Crippen LogP contribution in [0, 0.1) is 11.6 Å². The summed E-state index contributed by atoms with van der Waals surface area (Å²) in [6.07, 6.45) is -2.68. The number of amides is 1. The molecule has 0 aliphatic heterocycles. The van der Waals surface area contributed by atoms with Crippen LogP contribution in [0.5, 0.6) is 0 Å². The molecule has 4 aromatic rings. The molecule has 0 fully saturated rings. The summed E-state index contributed by atoms with van der Waals surface area (Å²) >= 11 is 0. The van der Waals surface area contributed by atoms with Crippen molar-refractivity contribution >= 4 is 22.6 Å². The second kappa shape index (κ2) is 9.82. The summed E-state index contributed by atoms with van der Waals surface area (Å²) in [4.78, 5) is 26.1. The van der Waals surface area contributed by atoms with Gasteiger partial charge in [-0.2, -0.15) is 13.2 Å². The van der Waals surface area contributed by atoms with Gasteiger partial charge >= 0.3 is 6.18 Å². The van der Waals surface area contributed by atoms with E-state index < -0.39 is 48.0 Å². The number of rotatable bonds is 6. The summed E-state index contributed by atoms with van der Waals surface area (Å²) in [6.45, 7) is -1.19. The summed E-state index contributed by atoms with van der Waals surface area (Å²) in [5.41, 5.74) is 4.70. The largest absolute Gasteiger partial charge is 0.417 e. The molecule has 0 radical (unpaired) electrons. The Kier molecular flexibility index (Phi) is 6.80. The lowest BCUT2D eigenvalue weighted by molar-refractivity contribution is -0.137. The van der Waals surface area contributed by atoms with Crippen LogP contribution in [0.15, 0.2) is 54.9 Å². The Labute approximate surface area is 201 Å². The van der Waals surface area contributed by atoms with Crippen LogP contribution in [-0.2, 0) is 25.9 Å². The number of hydrogen-bond acceptors (Lipinski definition) is 6. The van der Waals surface area contributed by atoms with Crippen molar-refractivity contribution in [2.45, 2.75) is 25.9 Å².